The molecule has 15 heavy (non-hydrogen) atoms. The lowest BCUT2D eigenvalue weighted by Gasteiger charge is -2.30. The van der Waals surface area contributed by atoms with Gasteiger partial charge < -0.3 is 0 Å². The lowest BCUT2D eigenvalue weighted by Crippen LogP contribution is -2.33. The van der Waals surface area contributed by atoms with E-state index in [1.807, 2.05) is 17.8 Å². The quantitative estimate of drug-likeness (QED) is 0.727. The van der Waals surface area contributed by atoms with Crippen molar-refractivity contribution in [3.63, 3.8) is 0 Å². The van der Waals surface area contributed by atoms with Gasteiger partial charge in [-0.05, 0) is 38.9 Å². The Labute approximate surface area is 110 Å². The second-order valence-electron chi connectivity index (χ2n) is 3.44. The Morgan fingerprint density at radius 1 is 1.40 bits per heavy atom. The highest BCUT2D eigenvalue weighted by Crippen LogP contribution is 2.27. The zero-order valence-corrected chi connectivity index (χ0v) is 12.3. The van der Waals surface area contributed by atoms with Gasteiger partial charge in [-0.3, -0.25) is 4.90 Å². The summed E-state index contributed by atoms with van der Waals surface area (Å²) in [5.74, 6) is 3.16. The normalized spacial score (nSPS) is 23.0. The summed E-state index contributed by atoms with van der Waals surface area (Å²) >= 11 is 8.75. The van der Waals surface area contributed by atoms with Gasteiger partial charge in [0.1, 0.15) is 15.0 Å². The molecule has 0 bridgehead atoms. The smallest absolute Gasteiger partial charge is 0.148 e. The molecule has 0 N–H and O–H groups in total. The van der Waals surface area contributed by atoms with Crippen molar-refractivity contribution >= 4 is 43.6 Å². The van der Waals surface area contributed by atoms with Gasteiger partial charge in [0.25, 0.3) is 0 Å². The fourth-order valence-electron chi connectivity index (χ4n) is 1.51. The van der Waals surface area contributed by atoms with E-state index in [2.05, 4.69) is 53.8 Å². The van der Waals surface area contributed by atoms with Gasteiger partial charge in [-0.1, -0.05) is 0 Å². The van der Waals surface area contributed by atoms with Gasteiger partial charge in [-0.2, -0.15) is 11.8 Å². The van der Waals surface area contributed by atoms with Crippen LogP contribution in [0, 0.1) is 0 Å². The molecule has 3 nitrogen and oxygen atoms in total. The molecule has 1 atom stereocenters. The average Bonchev–Trinajstić information content (AvgIpc) is 2.16. The van der Waals surface area contributed by atoms with Crippen LogP contribution in [0.25, 0.3) is 0 Å². The van der Waals surface area contributed by atoms with Crippen LogP contribution in [0.2, 0.25) is 0 Å². The van der Waals surface area contributed by atoms with Crippen molar-refractivity contribution in [2.24, 2.45) is 0 Å². The predicted molar refractivity (Wildman–Crippen MR) is 70.1 cm³/mol. The van der Waals surface area contributed by atoms with Crippen molar-refractivity contribution in [2.45, 2.75) is 6.04 Å². The highest BCUT2D eigenvalue weighted by Gasteiger charge is 2.23. The first-order valence-corrected chi connectivity index (χ1v) is 7.39. The number of aromatic nitrogens is 2. The fraction of sp³-hybridized carbons (Fsp3) is 0.556. The summed E-state index contributed by atoms with van der Waals surface area (Å²) in [5, 5.41) is 0. The van der Waals surface area contributed by atoms with Crippen LogP contribution in [0.5, 0.6) is 0 Å². The highest BCUT2D eigenvalue weighted by molar-refractivity contribution is 9.11. The molecule has 0 saturated carbocycles. The highest BCUT2D eigenvalue weighted by atomic mass is 79.9. The van der Waals surface area contributed by atoms with E-state index in [-0.39, 0.29) is 0 Å². The summed E-state index contributed by atoms with van der Waals surface area (Å²) in [5.41, 5.74) is 0. The van der Waals surface area contributed by atoms with Crippen LogP contribution in [-0.4, -0.2) is 40.0 Å². The van der Waals surface area contributed by atoms with Crippen LogP contribution < -0.4 is 0 Å². The van der Waals surface area contributed by atoms with Gasteiger partial charge in [-0.25, -0.2) is 9.97 Å². The molecule has 1 aliphatic heterocycles. The third-order valence-corrected chi connectivity index (χ3v) is 4.21. The van der Waals surface area contributed by atoms with Crippen LogP contribution >= 0.6 is 43.6 Å². The third kappa shape index (κ3) is 2.93. The molecule has 82 valence electrons. The van der Waals surface area contributed by atoms with E-state index in [1.54, 1.807) is 0 Å². The molecule has 1 aliphatic rings. The first-order chi connectivity index (χ1) is 7.16. The molecule has 2 heterocycles. The lowest BCUT2D eigenvalue weighted by molar-refractivity contribution is 0.264. The molecule has 6 heteroatoms. The van der Waals surface area contributed by atoms with Crippen LogP contribution in [-0.2, 0) is 0 Å². The van der Waals surface area contributed by atoms with Crippen molar-refractivity contribution < 1.29 is 0 Å². The Kier molecular flexibility index (Phi) is 4.04. The maximum absolute atomic E-state index is 4.43. The summed E-state index contributed by atoms with van der Waals surface area (Å²) in [6, 6.07) is 2.19. The van der Waals surface area contributed by atoms with E-state index in [4.69, 9.17) is 0 Å². The van der Waals surface area contributed by atoms with E-state index in [9.17, 15) is 0 Å². The predicted octanol–water partition coefficient (Wildman–Crippen LogP) is 2.72. The van der Waals surface area contributed by atoms with Crippen molar-refractivity contribution in [3.8, 4) is 0 Å². The van der Waals surface area contributed by atoms with Gasteiger partial charge in [0.05, 0.1) is 6.04 Å². The molecule has 1 unspecified atom stereocenters. The summed E-state index contributed by atoms with van der Waals surface area (Å²) in [6.45, 7) is 1.10. The van der Waals surface area contributed by atoms with Crippen molar-refractivity contribution in [1.82, 2.24) is 14.9 Å². The molecule has 1 aromatic heterocycles. The van der Waals surface area contributed by atoms with Gasteiger partial charge in [-0.15, -0.1) is 0 Å². The molecule has 0 spiro atoms. The summed E-state index contributed by atoms with van der Waals surface area (Å²) in [7, 11) is 2.13. The monoisotopic (exact) mass is 351 g/mol. The number of nitrogens with zero attached hydrogens (tertiary/aromatic N) is 3. The molecule has 0 amide bonds. The second-order valence-corrected chi connectivity index (χ2v) is 6.22. The van der Waals surface area contributed by atoms with Crippen LogP contribution in [0.15, 0.2) is 15.3 Å². The standard InChI is InChI=1S/C9H11Br2N3S/c1-14-2-3-15-5-6(14)9-12-7(10)4-8(11)13-9/h4,6H,2-3,5H2,1H3. The van der Waals surface area contributed by atoms with E-state index < -0.39 is 0 Å². The number of hydrogen-bond acceptors (Lipinski definition) is 4. The van der Waals surface area contributed by atoms with Crippen LogP contribution in [0.1, 0.15) is 11.9 Å². The Morgan fingerprint density at radius 3 is 2.67 bits per heavy atom. The van der Waals surface area contributed by atoms with Crippen molar-refractivity contribution in [3.05, 3.63) is 21.1 Å². The van der Waals surface area contributed by atoms with Crippen LogP contribution in [0.4, 0.5) is 0 Å². The summed E-state index contributed by atoms with van der Waals surface area (Å²) < 4.78 is 1.67. The Bertz CT molecular complexity index is 341. The van der Waals surface area contributed by atoms with E-state index in [0.29, 0.717) is 6.04 Å². The summed E-state index contributed by atoms with van der Waals surface area (Å²) in [4.78, 5) is 11.2. The molecule has 1 fully saturated rings. The minimum Gasteiger partial charge on any atom is -0.295 e. The molecule has 0 aromatic carbocycles. The average molecular weight is 353 g/mol. The Hall–Kier alpha value is 0.350. The minimum absolute atomic E-state index is 0.331. The number of thioether (sulfide) groups is 1. The topological polar surface area (TPSA) is 29.0 Å². The zero-order chi connectivity index (χ0) is 10.8. The van der Waals surface area contributed by atoms with Crippen molar-refractivity contribution in [1.29, 1.82) is 0 Å². The number of halogens is 2. The fourth-order valence-corrected chi connectivity index (χ4v) is 3.83. The van der Waals surface area contributed by atoms with E-state index >= 15 is 0 Å². The molecule has 2 rings (SSSR count). The first-order valence-electron chi connectivity index (χ1n) is 4.65. The molecule has 1 aromatic rings. The van der Waals surface area contributed by atoms with Gasteiger partial charge in [0.15, 0.2) is 0 Å². The van der Waals surface area contributed by atoms with Gasteiger partial charge >= 0.3 is 0 Å². The second kappa shape index (κ2) is 5.12. The Morgan fingerprint density at radius 2 is 2.07 bits per heavy atom. The molecule has 0 radical (unpaired) electrons. The van der Waals surface area contributed by atoms with E-state index in [1.165, 1.54) is 5.75 Å². The van der Waals surface area contributed by atoms with Crippen molar-refractivity contribution in [2.75, 3.05) is 25.1 Å². The molecule has 1 saturated heterocycles. The molecular formula is C9H11Br2N3S. The summed E-state index contributed by atoms with van der Waals surface area (Å²) in [6.07, 6.45) is 0. The largest absolute Gasteiger partial charge is 0.295 e. The van der Waals surface area contributed by atoms with Crippen LogP contribution in [0.3, 0.4) is 0 Å². The number of rotatable bonds is 1. The maximum Gasteiger partial charge on any atom is 0.148 e. The zero-order valence-electron chi connectivity index (χ0n) is 8.28. The third-order valence-electron chi connectivity index (χ3n) is 2.38. The lowest BCUT2D eigenvalue weighted by atomic mass is 10.2. The van der Waals surface area contributed by atoms with Gasteiger partial charge in [0, 0.05) is 24.1 Å². The minimum atomic E-state index is 0.331. The Balaban J connectivity index is 2.27. The van der Waals surface area contributed by atoms with Gasteiger partial charge in [0.2, 0.25) is 0 Å². The maximum atomic E-state index is 4.43. The first kappa shape index (κ1) is 11.8. The van der Waals surface area contributed by atoms with E-state index in [0.717, 1.165) is 27.3 Å². The molecule has 0 aliphatic carbocycles. The molecular weight excluding hydrogens is 342 g/mol. The number of hydrogen-bond donors (Lipinski definition) is 0. The SMILES string of the molecule is CN1CCSCC1c1nc(Br)cc(Br)n1.